The molecule has 2 aromatic rings. The largest absolute Gasteiger partial charge is 0.481 e. The Morgan fingerprint density at radius 3 is 2.85 bits per heavy atom. The van der Waals surface area contributed by atoms with E-state index in [1.54, 1.807) is 25.1 Å². The predicted octanol–water partition coefficient (Wildman–Crippen LogP) is 3.23. The molecular formula is C20H25FN2O4. The van der Waals surface area contributed by atoms with Crippen LogP contribution in [-0.2, 0) is 11.3 Å². The van der Waals surface area contributed by atoms with Gasteiger partial charge in [0.05, 0.1) is 17.4 Å². The lowest BCUT2D eigenvalue weighted by Crippen LogP contribution is -2.55. The molecule has 1 aliphatic heterocycles. The minimum absolute atomic E-state index is 0.218. The number of aliphatic carboxylic acids is 1. The summed E-state index contributed by atoms with van der Waals surface area (Å²) in [5.74, 6) is -0.573. The van der Waals surface area contributed by atoms with Crippen molar-refractivity contribution in [3.05, 3.63) is 41.5 Å². The maximum atomic E-state index is 14.0. The summed E-state index contributed by atoms with van der Waals surface area (Å²) in [6.45, 7) is 4.90. The van der Waals surface area contributed by atoms with Gasteiger partial charge in [0.25, 0.3) is 0 Å². The van der Waals surface area contributed by atoms with Crippen LogP contribution < -0.4 is 0 Å². The van der Waals surface area contributed by atoms with Crippen LogP contribution in [-0.4, -0.2) is 45.3 Å². The number of carboxylic acids is 1. The number of rotatable bonds is 6. The summed E-state index contributed by atoms with van der Waals surface area (Å²) in [4.78, 5) is 18.3. The predicted molar refractivity (Wildman–Crippen MR) is 97.5 cm³/mol. The van der Waals surface area contributed by atoms with Gasteiger partial charge in [0.1, 0.15) is 17.0 Å². The van der Waals surface area contributed by atoms with Gasteiger partial charge >= 0.3 is 5.97 Å². The van der Waals surface area contributed by atoms with E-state index in [1.165, 1.54) is 6.07 Å². The number of aliphatic hydroxyl groups excluding tert-OH is 1. The van der Waals surface area contributed by atoms with Gasteiger partial charge < -0.3 is 14.6 Å². The number of nitrogens with zero attached hydrogens (tertiary/aromatic N) is 2. The first kappa shape index (κ1) is 19.5. The molecule has 2 N–H and O–H groups in total. The van der Waals surface area contributed by atoms with Crippen molar-refractivity contribution in [2.75, 3.05) is 13.1 Å². The number of aliphatic hydroxyl groups is 1. The molecule has 6 nitrogen and oxygen atoms in total. The minimum atomic E-state index is -1.17. The van der Waals surface area contributed by atoms with Gasteiger partial charge in [-0.2, -0.15) is 0 Å². The minimum Gasteiger partial charge on any atom is -0.481 e. The Morgan fingerprint density at radius 2 is 2.19 bits per heavy atom. The number of carboxylic acid groups (broad SMARTS) is 1. The molecule has 1 fully saturated rings. The van der Waals surface area contributed by atoms with Crippen LogP contribution in [0.1, 0.15) is 37.6 Å². The molecule has 0 bridgehead atoms. The number of hydrogen-bond acceptors (Lipinski definition) is 5. The fraction of sp³-hybridized carbons (Fsp3) is 0.500. The van der Waals surface area contributed by atoms with Gasteiger partial charge in [-0.3, -0.25) is 9.69 Å². The second-order valence-electron chi connectivity index (χ2n) is 7.23. The lowest BCUT2D eigenvalue weighted by atomic mass is 9.74. The number of aryl methyl sites for hydroxylation is 1. The maximum Gasteiger partial charge on any atom is 0.313 e. The van der Waals surface area contributed by atoms with Crippen molar-refractivity contribution in [3.63, 3.8) is 0 Å². The van der Waals surface area contributed by atoms with Crippen molar-refractivity contribution in [3.8, 4) is 11.5 Å². The Bertz CT molecular complexity index is 822. The third-order valence-corrected chi connectivity index (χ3v) is 5.35. The number of hydrogen-bond donors (Lipinski definition) is 2. The van der Waals surface area contributed by atoms with Crippen LogP contribution >= 0.6 is 0 Å². The number of likely N-dealkylation sites (tertiary alicyclic amines) is 1. The van der Waals surface area contributed by atoms with E-state index in [4.69, 9.17) is 4.42 Å². The molecule has 0 unspecified atom stereocenters. The lowest BCUT2D eigenvalue weighted by Gasteiger charge is -2.43. The van der Waals surface area contributed by atoms with Crippen LogP contribution in [0.5, 0.6) is 0 Å². The Morgan fingerprint density at radius 1 is 1.44 bits per heavy atom. The summed E-state index contributed by atoms with van der Waals surface area (Å²) in [7, 11) is 0. The molecule has 146 valence electrons. The van der Waals surface area contributed by atoms with Crippen LogP contribution in [0.2, 0.25) is 0 Å². The molecule has 1 aromatic heterocycles. The Hall–Kier alpha value is -2.25. The van der Waals surface area contributed by atoms with Crippen molar-refractivity contribution in [2.45, 2.75) is 45.8 Å². The zero-order valence-electron chi connectivity index (χ0n) is 15.6. The molecule has 0 spiro atoms. The number of halogens is 1. The first-order valence-electron chi connectivity index (χ1n) is 9.22. The van der Waals surface area contributed by atoms with Gasteiger partial charge in [0.15, 0.2) is 0 Å². The summed E-state index contributed by atoms with van der Waals surface area (Å²) in [6, 6.07) is 6.29. The number of carbonyl (C=O) groups is 1. The molecule has 0 saturated carbocycles. The molecule has 2 heterocycles. The zero-order valence-corrected chi connectivity index (χ0v) is 15.6. The number of benzene rings is 1. The molecular weight excluding hydrogens is 351 g/mol. The van der Waals surface area contributed by atoms with E-state index >= 15 is 0 Å². The standard InChI is InChI=1S/C20H25FN2O4/c1-3-9-20(19(25)26)12-23(10-8-17(20)24)11-16-13(2)27-18(22-16)14-6-4-5-7-15(14)21/h4-7,17,24H,3,8-12H2,1-2H3,(H,25,26)/t17-,20-/m1/s1. The third-order valence-electron chi connectivity index (χ3n) is 5.35. The average Bonchev–Trinajstić information content (AvgIpc) is 2.98. The van der Waals surface area contributed by atoms with Crippen molar-refractivity contribution in [2.24, 2.45) is 5.41 Å². The first-order chi connectivity index (χ1) is 12.9. The molecule has 2 atom stereocenters. The molecule has 0 amide bonds. The summed E-state index contributed by atoms with van der Waals surface area (Å²) in [5.41, 5.74) is -0.217. The SMILES string of the molecule is CCC[C@@]1(C(=O)O)CN(Cc2nc(-c3ccccc3F)oc2C)CC[C@H]1O. The van der Waals surface area contributed by atoms with Gasteiger partial charge in [-0.1, -0.05) is 25.5 Å². The maximum absolute atomic E-state index is 14.0. The Kier molecular flexibility index (Phi) is 5.62. The summed E-state index contributed by atoms with van der Waals surface area (Å²) < 4.78 is 19.6. The lowest BCUT2D eigenvalue weighted by molar-refractivity contribution is -0.164. The molecule has 3 rings (SSSR count). The Balaban J connectivity index is 1.81. The average molecular weight is 376 g/mol. The summed E-state index contributed by atoms with van der Waals surface area (Å²) in [6.07, 6.45) is 0.623. The van der Waals surface area contributed by atoms with E-state index in [9.17, 15) is 19.4 Å². The summed E-state index contributed by atoms with van der Waals surface area (Å²) in [5, 5.41) is 20.1. The van der Waals surface area contributed by atoms with Gasteiger partial charge in [-0.05, 0) is 31.9 Å². The monoisotopic (exact) mass is 376 g/mol. The fourth-order valence-corrected chi connectivity index (χ4v) is 3.84. The molecule has 1 aromatic carbocycles. The van der Waals surface area contributed by atoms with Gasteiger partial charge in [0, 0.05) is 19.6 Å². The van der Waals surface area contributed by atoms with Gasteiger partial charge in [-0.15, -0.1) is 0 Å². The molecule has 1 saturated heterocycles. The smallest absolute Gasteiger partial charge is 0.313 e. The second kappa shape index (κ2) is 7.78. The zero-order chi connectivity index (χ0) is 19.6. The first-order valence-corrected chi connectivity index (χ1v) is 9.22. The fourth-order valence-electron chi connectivity index (χ4n) is 3.84. The van der Waals surface area contributed by atoms with E-state index in [0.717, 1.165) is 0 Å². The number of oxazole rings is 1. The van der Waals surface area contributed by atoms with E-state index in [2.05, 4.69) is 4.98 Å². The van der Waals surface area contributed by atoms with Crippen LogP contribution in [0.25, 0.3) is 11.5 Å². The number of aromatic nitrogens is 1. The van der Waals surface area contributed by atoms with Crippen molar-refractivity contribution in [1.29, 1.82) is 0 Å². The molecule has 1 aliphatic rings. The highest BCUT2D eigenvalue weighted by Gasteiger charge is 2.48. The molecule has 0 aliphatic carbocycles. The highest BCUT2D eigenvalue weighted by molar-refractivity contribution is 5.76. The van der Waals surface area contributed by atoms with E-state index in [0.29, 0.717) is 49.4 Å². The van der Waals surface area contributed by atoms with E-state index < -0.39 is 23.3 Å². The van der Waals surface area contributed by atoms with Crippen LogP contribution in [0.4, 0.5) is 4.39 Å². The third kappa shape index (κ3) is 3.75. The second-order valence-corrected chi connectivity index (χ2v) is 7.23. The van der Waals surface area contributed by atoms with Crippen LogP contribution in [0.15, 0.2) is 28.7 Å². The topological polar surface area (TPSA) is 86.8 Å². The highest BCUT2D eigenvalue weighted by atomic mass is 19.1. The molecule has 0 radical (unpaired) electrons. The van der Waals surface area contributed by atoms with Gasteiger partial charge in [-0.25, -0.2) is 9.37 Å². The van der Waals surface area contributed by atoms with Crippen molar-refractivity contribution >= 4 is 5.97 Å². The van der Waals surface area contributed by atoms with E-state index in [-0.39, 0.29) is 12.4 Å². The van der Waals surface area contributed by atoms with Crippen molar-refractivity contribution in [1.82, 2.24) is 9.88 Å². The quantitative estimate of drug-likeness (QED) is 0.805. The van der Waals surface area contributed by atoms with E-state index in [1.807, 2.05) is 11.8 Å². The molecule has 27 heavy (non-hydrogen) atoms. The highest BCUT2D eigenvalue weighted by Crippen LogP contribution is 2.36. The van der Waals surface area contributed by atoms with Crippen LogP contribution in [0, 0.1) is 18.2 Å². The Labute approximate surface area is 157 Å². The van der Waals surface area contributed by atoms with Crippen molar-refractivity contribution < 1.29 is 23.8 Å². The molecule has 7 heteroatoms. The summed E-state index contributed by atoms with van der Waals surface area (Å²) >= 11 is 0. The van der Waals surface area contributed by atoms with Crippen LogP contribution in [0.3, 0.4) is 0 Å². The normalized spacial score (nSPS) is 23.5. The van der Waals surface area contributed by atoms with Gasteiger partial charge in [0.2, 0.25) is 5.89 Å². The number of piperidine rings is 1.